The molecule has 0 saturated heterocycles. The number of alkyl halides is 3. The van der Waals surface area contributed by atoms with Crippen molar-refractivity contribution in [1.82, 2.24) is 4.98 Å². The van der Waals surface area contributed by atoms with E-state index in [0.717, 1.165) is 12.1 Å². The normalized spacial score (nSPS) is 11.2. The van der Waals surface area contributed by atoms with Crippen molar-refractivity contribution in [1.29, 1.82) is 0 Å². The van der Waals surface area contributed by atoms with Crippen LogP contribution >= 0.6 is 0 Å². The summed E-state index contributed by atoms with van der Waals surface area (Å²) in [4.78, 5) is 15.7. The van der Waals surface area contributed by atoms with Crippen molar-refractivity contribution < 1.29 is 27.1 Å². The molecule has 2 aromatic rings. The molecular formula is C13H7F4NO2. The van der Waals surface area contributed by atoms with Crippen molar-refractivity contribution in [3.8, 4) is 5.75 Å². The Morgan fingerprint density at radius 3 is 2.50 bits per heavy atom. The van der Waals surface area contributed by atoms with Gasteiger partial charge in [0.1, 0.15) is 17.3 Å². The lowest BCUT2D eigenvalue weighted by Crippen LogP contribution is -2.17. The van der Waals surface area contributed by atoms with Gasteiger partial charge in [-0.3, -0.25) is 9.78 Å². The van der Waals surface area contributed by atoms with Crippen LogP contribution < -0.4 is 4.74 Å². The third-order valence-corrected chi connectivity index (χ3v) is 2.31. The lowest BCUT2D eigenvalue weighted by atomic mass is 10.1. The molecule has 1 aromatic heterocycles. The zero-order valence-corrected chi connectivity index (χ0v) is 9.82. The Bertz CT molecular complexity index is 626. The molecule has 0 aliphatic carbocycles. The second-order valence-electron chi connectivity index (χ2n) is 3.73. The smallest absolute Gasteiger partial charge is 0.406 e. The van der Waals surface area contributed by atoms with Crippen LogP contribution in [0.1, 0.15) is 16.1 Å². The van der Waals surface area contributed by atoms with E-state index in [1.54, 1.807) is 6.07 Å². The van der Waals surface area contributed by atoms with Crippen LogP contribution in [-0.4, -0.2) is 17.1 Å². The van der Waals surface area contributed by atoms with Gasteiger partial charge in [0.25, 0.3) is 0 Å². The highest BCUT2D eigenvalue weighted by Crippen LogP contribution is 2.25. The minimum atomic E-state index is -4.91. The quantitative estimate of drug-likeness (QED) is 0.641. The van der Waals surface area contributed by atoms with E-state index in [1.807, 2.05) is 0 Å². The van der Waals surface area contributed by atoms with Gasteiger partial charge >= 0.3 is 6.36 Å². The summed E-state index contributed by atoms with van der Waals surface area (Å²) >= 11 is 0. The molecule has 0 bridgehead atoms. The molecule has 1 heterocycles. The summed E-state index contributed by atoms with van der Waals surface area (Å²) < 4.78 is 53.5. The summed E-state index contributed by atoms with van der Waals surface area (Å²) in [6.45, 7) is 0. The van der Waals surface area contributed by atoms with Crippen molar-refractivity contribution in [3.05, 3.63) is 59.7 Å². The molecule has 0 unspecified atom stereocenters. The van der Waals surface area contributed by atoms with Crippen LogP contribution in [0.2, 0.25) is 0 Å². The number of ketones is 1. The maximum absolute atomic E-state index is 13.6. The van der Waals surface area contributed by atoms with Crippen LogP contribution in [0.4, 0.5) is 17.6 Å². The van der Waals surface area contributed by atoms with Gasteiger partial charge in [-0.15, -0.1) is 13.2 Å². The topological polar surface area (TPSA) is 39.2 Å². The molecule has 0 fully saturated rings. The summed E-state index contributed by atoms with van der Waals surface area (Å²) in [5.74, 6) is -2.44. The number of hydrogen-bond acceptors (Lipinski definition) is 3. The van der Waals surface area contributed by atoms with Gasteiger partial charge in [0.05, 0.1) is 5.56 Å². The van der Waals surface area contributed by atoms with E-state index in [-0.39, 0.29) is 5.69 Å². The molecule has 0 atom stereocenters. The standard InChI is InChI=1S/C13H7F4NO2/c14-10-5-4-8(20-13(15,16)17)7-9(10)12(19)11-3-1-2-6-18-11/h1-7H. The van der Waals surface area contributed by atoms with Gasteiger partial charge in [0.15, 0.2) is 0 Å². The summed E-state index contributed by atoms with van der Waals surface area (Å²) in [6, 6.07) is 6.61. The van der Waals surface area contributed by atoms with Crippen molar-refractivity contribution in [3.63, 3.8) is 0 Å². The van der Waals surface area contributed by atoms with Gasteiger partial charge in [0, 0.05) is 6.20 Å². The number of halogens is 4. The first-order valence-corrected chi connectivity index (χ1v) is 5.38. The highest BCUT2D eigenvalue weighted by Gasteiger charge is 2.31. The number of carbonyl (C=O) groups is 1. The second kappa shape index (κ2) is 5.28. The van der Waals surface area contributed by atoms with Crippen LogP contribution in [0.5, 0.6) is 5.75 Å². The number of ether oxygens (including phenoxy) is 1. The highest BCUT2D eigenvalue weighted by molar-refractivity contribution is 6.08. The predicted molar refractivity (Wildman–Crippen MR) is 60.8 cm³/mol. The third-order valence-electron chi connectivity index (χ3n) is 2.31. The van der Waals surface area contributed by atoms with Crippen molar-refractivity contribution in [2.45, 2.75) is 6.36 Å². The van der Waals surface area contributed by atoms with Gasteiger partial charge in [-0.2, -0.15) is 0 Å². The summed E-state index contributed by atoms with van der Waals surface area (Å²) in [5, 5.41) is 0. The predicted octanol–water partition coefficient (Wildman–Crippen LogP) is 3.35. The molecule has 0 N–H and O–H groups in total. The molecule has 1 aromatic carbocycles. The van der Waals surface area contributed by atoms with E-state index in [9.17, 15) is 22.4 Å². The Kier molecular flexibility index (Phi) is 3.69. The van der Waals surface area contributed by atoms with Crippen molar-refractivity contribution in [2.24, 2.45) is 0 Å². The molecule has 0 spiro atoms. The zero-order valence-electron chi connectivity index (χ0n) is 9.82. The monoisotopic (exact) mass is 285 g/mol. The number of rotatable bonds is 3. The van der Waals surface area contributed by atoms with Crippen molar-refractivity contribution >= 4 is 5.78 Å². The number of benzene rings is 1. The Hall–Kier alpha value is -2.44. The fraction of sp³-hybridized carbons (Fsp3) is 0.0769. The number of aromatic nitrogens is 1. The summed E-state index contributed by atoms with van der Waals surface area (Å²) in [6.07, 6.45) is -3.59. The first kappa shape index (κ1) is 14.0. The molecule has 3 nitrogen and oxygen atoms in total. The number of nitrogens with zero attached hydrogens (tertiary/aromatic N) is 1. The van der Waals surface area contributed by atoms with Gasteiger partial charge in [-0.1, -0.05) is 6.07 Å². The molecule has 20 heavy (non-hydrogen) atoms. The molecule has 7 heteroatoms. The molecule has 0 amide bonds. The zero-order chi connectivity index (χ0) is 14.8. The molecule has 2 rings (SSSR count). The van der Waals surface area contributed by atoms with Gasteiger partial charge in [0.2, 0.25) is 5.78 Å². The van der Waals surface area contributed by atoms with Gasteiger partial charge < -0.3 is 4.74 Å². The maximum atomic E-state index is 13.6. The molecule has 0 aliphatic rings. The van der Waals surface area contributed by atoms with E-state index in [2.05, 4.69) is 9.72 Å². The van der Waals surface area contributed by atoms with Gasteiger partial charge in [-0.25, -0.2) is 4.39 Å². The van der Waals surface area contributed by atoms with Crippen LogP contribution in [0.3, 0.4) is 0 Å². The fourth-order valence-corrected chi connectivity index (χ4v) is 1.51. The Balaban J connectivity index is 2.36. The number of pyridine rings is 1. The highest BCUT2D eigenvalue weighted by atomic mass is 19.4. The number of carbonyl (C=O) groups excluding carboxylic acids is 1. The summed E-state index contributed by atoms with van der Waals surface area (Å²) in [5.41, 5.74) is -0.610. The molecule has 0 aliphatic heterocycles. The average molecular weight is 285 g/mol. The van der Waals surface area contributed by atoms with E-state index in [4.69, 9.17) is 0 Å². The lowest BCUT2D eigenvalue weighted by Gasteiger charge is -2.10. The number of hydrogen-bond donors (Lipinski definition) is 0. The van der Waals surface area contributed by atoms with Crippen LogP contribution in [0, 0.1) is 5.82 Å². The molecule has 0 saturated carbocycles. The summed E-state index contributed by atoms with van der Waals surface area (Å²) in [7, 11) is 0. The van der Waals surface area contributed by atoms with Crippen LogP contribution in [-0.2, 0) is 0 Å². The van der Waals surface area contributed by atoms with E-state index in [0.29, 0.717) is 6.07 Å². The molecular weight excluding hydrogens is 278 g/mol. The molecule has 104 valence electrons. The SMILES string of the molecule is O=C(c1ccccn1)c1cc(OC(F)(F)F)ccc1F. The minimum Gasteiger partial charge on any atom is -0.406 e. The first-order chi connectivity index (χ1) is 9.37. The third kappa shape index (κ3) is 3.31. The second-order valence-corrected chi connectivity index (χ2v) is 3.73. The lowest BCUT2D eigenvalue weighted by molar-refractivity contribution is -0.274. The largest absolute Gasteiger partial charge is 0.573 e. The van der Waals surface area contributed by atoms with Gasteiger partial charge in [-0.05, 0) is 30.3 Å². The van der Waals surface area contributed by atoms with Crippen molar-refractivity contribution in [2.75, 3.05) is 0 Å². The Labute approximate surface area is 110 Å². The fourth-order valence-electron chi connectivity index (χ4n) is 1.51. The van der Waals surface area contributed by atoms with Crippen LogP contribution in [0.15, 0.2) is 42.6 Å². The maximum Gasteiger partial charge on any atom is 0.573 e. The van der Waals surface area contributed by atoms with E-state index < -0.39 is 29.3 Å². The van der Waals surface area contributed by atoms with E-state index >= 15 is 0 Å². The van der Waals surface area contributed by atoms with E-state index in [1.165, 1.54) is 18.3 Å². The van der Waals surface area contributed by atoms with Crippen LogP contribution in [0.25, 0.3) is 0 Å². The minimum absolute atomic E-state index is 0.0736. The first-order valence-electron chi connectivity index (χ1n) is 5.38. The molecule has 0 radical (unpaired) electrons. The Morgan fingerprint density at radius 2 is 1.90 bits per heavy atom. The average Bonchev–Trinajstić information content (AvgIpc) is 2.40. The Morgan fingerprint density at radius 1 is 1.15 bits per heavy atom.